The second kappa shape index (κ2) is 4.62. The molecule has 3 atom stereocenters. The number of amides is 1. The van der Waals surface area contributed by atoms with Crippen molar-refractivity contribution in [3.63, 3.8) is 0 Å². The van der Waals surface area contributed by atoms with Crippen molar-refractivity contribution in [3.05, 3.63) is 35.4 Å². The van der Waals surface area contributed by atoms with Crippen LogP contribution in [0.1, 0.15) is 30.4 Å². The lowest BCUT2D eigenvalue weighted by molar-refractivity contribution is -0.124. The summed E-state index contributed by atoms with van der Waals surface area (Å²) in [4.78, 5) is 12.1. The normalized spacial score (nSPS) is 32.5. The first-order valence-corrected chi connectivity index (χ1v) is 6.80. The molecule has 1 amide bonds. The largest absolute Gasteiger partial charge is 0.385 e. The van der Waals surface area contributed by atoms with Gasteiger partial charge < -0.3 is 15.2 Å². The second-order valence-corrected chi connectivity index (χ2v) is 5.54. The van der Waals surface area contributed by atoms with Crippen LogP contribution < -0.4 is 5.32 Å². The smallest absolute Gasteiger partial charge is 0.227 e. The van der Waals surface area contributed by atoms with Crippen LogP contribution >= 0.6 is 0 Å². The number of ether oxygens (including phenoxy) is 1. The van der Waals surface area contributed by atoms with Crippen molar-refractivity contribution in [1.29, 1.82) is 0 Å². The zero-order chi connectivity index (χ0) is 13.5. The van der Waals surface area contributed by atoms with Crippen LogP contribution in [0, 0.1) is 0 Å². The van der Waals surface area contributed by atoms with Gasteiger partial charge in [-0.1, -0.05) is 24.3 Å². The van der Waals surface area contributed by atoms with E-state index in [1.165, 1.54) is 5.56 Å². The Morgan fingerprint density at radius 1 is 1.53 bits per heavy atom. The first-order chi connectivity index (χ1) is 9.10. The van der Waals surface area contributed by atoms with Gasteiger partial charge in [0, 0.05) is 19.6 Å². The minimum atomic E-state index is -0.918. The molecule has 3 unspecified atom stereocenters. The summed E-state index contributed by atoms with van der Waals surface area (Å²) in [6, 6.07) is 8.00. The van der Waals surface area contributed by atoms with Crippen molar-refractivity contribution < 1.29 is 14.6 Å². The highest BCUT2D eigenvalue weighted by Crippen LogP contribution is 2.35. The maximum absolute atomic E-state index is 12.1. The zero-order valence-electron chi connectivity index (χ0n) is 11.1. The van der Waals surface area contributed by atoms with Gasteiger partial charge in [0.25, 0.3) is 0 Å². The Bertz CT molecular complexity index is 502. The van der Waals surface area contributed by atoms with Crippen LogP contribution in [-0.2, 0) is 16.0 Å². The lowest BCUT2D eigenvalue weighted by Gasteiger charge is -2.31. The van der Waals surface area contributed by atoms with E-state index in [0.717, 1.165) is 12.0 Å². The maximum Gasteiger partial charge on any atom is 0.227 e. The van der Waals surface area contributed by atoms with Gasteiger partial charge in [-0.2, -0.15) is 0 Å². The molecule has 2 N–H and O–H groups in total. The average molecular weight is 261 g/mol. The summed E-state index contributed by atoms with van der Waals surface area (Å²) >= 11 is 0. The van der Waals surface area contributed by atoms with E-state index in [4.69, 9.17) is 4.74 Å². The number of carbonyl (C=O) groups is 1. The quantitative estimate of drug-likeness (QED) is 0.853. The minimum Gasteiger partial charge on any atom is -0.385 e. The predicted molar refractivity (Wildman–Crippen MR) is 70.9 cm³/mol. The molecular weight excluding hydrogens is 242 g/mol. The van der Waals surface area contributed by atoms with E-state index < -0.39 is 5.60 Å². The van der Waals surface area contributed by atoms with E-state index in [2.05, 4.69) is 11.4 Å². The predicted octanol–water partition coefficient (Wildman–Crippen LogP) is 0.982. The van der Waals surface area contributed by atoms with E-state index in [-0.39, 0.29) is 24.5 Å². The third-order valence-electron chi connectivity index (χ3n) is 4.40. The van der Waals surface area contributed by atoms with E-state index >= 15 is 0 Å². The summed E-state index contributed by atoms with van der Waals surface area (Å²) in [7, 11) is 0. The molecule has 1 saturated heterocycles. The maximum atomic E-state index is 12.1. The van der Waals surface area contributed by atoms with E-state index in [9.17, 15) is 9.90 Å². The van der Waals surface area contributed by atoms with Gasteiger partial charge in [-0.25, -0.2) is 0 Å². The Morgan fingerprint density at radius 2 is 2.32 bits per heavy atom. The van der Waals surface area contributed by atoms with Gasteiger partial charge in [0.1, 0.15) is 5.60 Å². The fourth-order valence-electron chi connectivity index (χ4n) is 2.86. The molecule has 102 valence electrons. The first kappa shape index (κ1) is 12.6. The standard InChI is InChI=1S/C15H19NO3/c1-10-15(18,6-7-19-10)9-16-14(17)13-8-11-4-2-3-5-12(11)13/h2-5,10,13,18H,6-9H2,1H3,(H,16,17). The van der Waals surface area contributed by atoms with Crippen LogP contribution in [0.25, 0.3) is 0 Å². The van der Waals surface area contributed by atoms with Gasteiger partial charge in [-0.05, 0) is 24.5 Å². The van der Waals surface area contributed by atoms with Crippen molar-refractivity contribution in [2.24, 2.45) is 0 Å². The summed E-state index contributed by atoms with van der Waals surface area (Å²) in [5.41, 5.74) is 1.44. The fourth-order valence-corrected chi connectivity index (χ4v) is 2.86. The Morgan fingerprint density at radius 3 is 3.00 bits per heavy atom. The molecule has 1 aromatic carbocycles. The first-order valence-electron chi connectivity index (χ1n) is 6.80. The molecule has 3 rings (SSSR count). The van der Waals surface area contributed by atoms with Crippen molar-refractivity contribution in [1.82, 2.24) is 5.32 Å². The second-order valence-electron chi connectivity index (χ2n) is 5.54. The van der Waals surface area contributed by atoms with Crippen molar-refractivity contribution in [3.8, 4) is 0 Å². The molecule has 4 nitrogen and oxygen atoms in total. The van der Waals surface area contributed by atoms with Gasteiger partial charge in [0.2, 0.25) is 5.91 Å². The minimum absolute atomic E-state index is 0.00576. The van der Waals surface area contributed by atoms with Crippen LogP contribution in [0.2, 0.25) is 0 Å². The number of hydrogen-bond donors (Lipinski definition) is 2. The molecule has 0 spiro atoms. The molecule has 1 aliphatic heterocycles. The van der Waals surface area contributed by atoms with Crippen LogP contribution in [0.4, 0.5) is 0 Å². The molecule has 2 aliphatic rings. The lowest BCUT2D eigenvalue weighted by atomic mass is 9.77. The van der Waals surface area contributed by atoms with Gasteiger partial charge >= 0.3 is 0 Å². The molecule has 1 aliphatic carbocycles. The third kappa shape index (κ3) is 2.15. The van der Waals surface area contributed by atoms with Crippen molar-refractivity contribution in [2.75, 3.05) is 13.2 Å². The van der Waals surface area contributed by atoms with E-state index in [1.54, 1.807) is 0 Å². The molecule has 0 radical (unpaired) electrons. The Balaban J connectivity index is 1.59. The van der Waals surface area contributed by atoms with Crippen molar-refractivity contribution in [2.45, 2.75) is 37.4 Å². The number of aliphatic hydroxyl groups is 1. The van der Waals surface area contributed by atoms with Crippen LogP contribution in [0.3, 0.4) is 0 Å². The van der Waals surface area contributed by atoms with Gasteiger partial charge in [-0.15, -0.1) is 0 Å². The highest BCUT2D eigenvalue weighted by molar-refractivity contribution is 5.86. The molecule has 4 heteroatoms. The van der Waals surface area contributed by atoms with E-state index in [1.807, 2.05) is 25.1 Å². The summed E-state index contributed by atoms with van der Waals surface area (Å²) in [6.07, 6.45) is 1.16. The fraction of sp³-hybridized carbons (Fsp3) is 0.533. The number of carbonyl (C=O) groups excluding carboxylic acids is 1. The highest BCUT2D eigenvalue weighted by Gasteiger charge is 2.40. The monoisotopic (exact) mass is 261 g/mol. The Hall–Kier alpha value is -1.39. The topological polar surface area (TPSA) is 58.6 Å². The number of nitrogens with one attached hydrogen (secondary N) is 1. The van der Waals surface area contributed by atoms with Crippen LogP contribution in [-0.4, -0.2) is 35.9 Å². The molecule has 0 saturated carbocycles. The molecule has 1 fully saturated rings. The molecular formula is C15H19NO3. The summed E-state index contributed by atoms with van der Waals surface area (Å²) < 4.78 is 5.36. The number of rotatable bonds is 3. The molecule has 19 heavy (non-hydrogen) atoms. The Kier molecular flexibility index (Phi) is 3.07. The highest BCUT2D eigenvalue weighted by atomic mass is 16.5. The molecule has 0 bridgehead atoms. The number of fused-ring (bicyclic) bond motifs is 1. The van der Waals surface area contributed by atoms with Crippen LogP contribution in [0.15, 0.2) is 24.3 Å². The van der Waals surface area contributed by atoms with Gasteiger partial charge in [-0.3, -0.25) is 4.79 Å². The molecule has 1 aromatic rings. The summed E-state index contributed by atoms with van der Waals surface area (Å²) in [6.45, 7) is 2.67. The third-order valence-corrected chi connectivity index (χ3v) is 4.40. The van der Waals surface area contributed by atoms with Gasteiger partial charge in [0.05, 0.1) is 12.0 Å². The lowest BCUT2D eigenvalue weighted by Crippen LogP contribution is -2.49. The zero-order valence-corrected chi connectivity index (χ0v) is 11.1. The van der Waals surface area contributed by atoms with Crippen molar-refractivity contribution >= 4 is 5.91 Å². The molecule has 1 heterocycles. The number of hydrogen-bond acceptors (Lipinski definition) is 3. The SMILES string of the molecule is CC1OCCC1(O)CNC(=O)C1Cc2ccccc21. The molecule has 0 aromatic heterocycles. The average Bonchev–Trinajstić information content (AvgIpc) is 2.69. The number of benzene rings is 1. The van der Waals surface area contributed by atoms with E-state index in [0.29, 0.717) is 13.0 Å². The van der Waals surface area contributed by atoms with Crippen LogP contribution in [0.5, 0.6) is 0 Å². The summed E-state index contributed by atoms with van der Waals surface area (Å²) in [5, 5.41) is 13.2. The summed E-state index contributed by atoms with van der Waals surface area (Å²) in [5.74, 6) is -0.0522. The van der Waals surface area contributed by atoms with Gasteiger partial charge in [0.15, 0.2) is 0 Å². The Labute approximate surface area is 112 Å².